The molecule has 0 aromatic carbocycles. The minimum Gasteiger partial charge on any atom is -0.385 e. The third-order valence-corrected chi connectivity index (χ3v) is 4.71. The zero-order chi connectivity index (χ0) is 16.1. The number of likely N-dealkylation sites (N-methyl/N-ethyl adjacent to an activating group) is 1. The molecule has 0 aromatic heterocycles. The van der Waals surface area contributed by atoms with Crippen LogP contribution >= 0.6 is 23.4 Å². The van der Waals surface area contributed by atoms with Crippen LogP contribution in [0.4, 0.5) is 0 Å². The third-order valence-electron chi connectivity index (χ3n) is 3.37. The van der Waals surface area contributed by atoms with Crippen LogP contribution in [-0.2, 0) is 4.79 Å². The number of nitrogens with zero attached hydrogens (tertiary/aromatic N) is 2. The number of hydrogen-bond acceptors (Lipinski definition) is 5. The van der Waals surface area contributed by atoms with Gasteiger partial charge in [-0.15, -0.1) is 0 Å². The highest BCUT2D eigenvalue weighted by Gasteiger charge is 2.26. The standard InChI is InChI=1S/C15H23ClN4OS/c1-10-18-13(16)7-5-4-6-12-14(22-10)15(21)19-11(8-17-12)9-20(2)3/h5,7,10-11,17H,4,6,8-9H2,1-3H3,(H,19,21)/b7-5-,18-13+/t10?,11-/m0/s1. The lowest BCUT2D eigenvalue weighted by atomic mass is 10.2. The first-order chi connectivity index (χ1) is 10.5. The number of carbonyl (C=O) groups excluding carboxylic acids is 1. The zero-order valence-electron chi connectivity index (χ0n) is 13.2. The number of allylic oxidation sites excluding steroid dienone is 3. The van der Waals surface area contributed by atoms with E-state index in [1.165, 1.54) is 11.8 Å². The van der Waals surface area contributed by atoms with E-state index >= 15 is 0 Å². The van der Waals surface area contributed by atoms with Crippen LogP contribution in [0.15, 0.2) is 27.7 Å². The minimum absolute atomic E-state index is 0.0143. The van der Waals surface area contributed by atoms with Crippen molar-refractivity contribution in [3.63, 3.8) is 0 Å². The SMILES string of the molecule is CC1/N=C(Cl)\C=C/CCC2=C(S1)C(=O)N[C@H](CN(C)C)CN2. The van der Waals surface area contributed by atoms with Gasteiger partial charge in [0.2, 0.25) is 0 Å². The first kappa shape index (κ1) is 17.4. The highest BCUT2D eigenvalue weighted by atomic mass is 35.5. The van der Waals surface area contributed by atoms with Crippen molar-refractivity contribution in [1.29, 1.82) is 0 Å². The second-order valence-electron chi connectivity index (χ2n) is 5.73. The van der Waals surface area contributed by atoms with E-state index in [4.69, 9.17) is 11.6 Å². The van der Waals surface area contributed by atoms with Crippen molar-refractivity contribution in [2.75, 3.05) is 27.2 Å². The molecule has 2 atom stereocenters. The summed E-state index contributed by atoms with van der Waals surface area (Å²) in [5, 5.41) is 6.94. The maximum absolute atomic E-state index is 12.6. The fourth-order valence-corrected chi connectivity index (χ4v) is 3.75. The van der Waals surface area contributed by atoms with Gasteiger partial charge in [-0.25, -0.2) is 0 Å². The van der Waals surface area contributed by atoms with Crippen LogP contribution in [0.25, 0.3) is 0 Å². The van der Waals surface area contributed by atoms with Crippen LogP contribution in [0.3, 0.4) is 0 Å². The van der Waals surface area contributed by atoms with Crippen LogP contribution < -0.4 is 10.6 Å². The molecule has 7 heteroatoms. The van der Waals surface area contributed by atoms with Crippen LogP contribution in [0, 0.1) is 0 Å². The van der Waals surface area contributed by atoms with Gasteiger partial charge in [0.1, 0.15) is 5.17 Å². The van der Waals surface area contributed by atoms with E-state index in [1.54, 1.807) is 0 Å². The van der Waals surface area contributed by atoms with Gasteiger partial charge in [-0.2, -0.15) is 0 Å². The van der Waals surface area contributed by atoms with E-state index < -0.39 is 0 Å². The molecule has 0 saturated carbocycles. The van der Waals surface area contributed by atoms with Crippen molar-refractivity contribution in [3.8, 4) is 0 Å². The molecule has 22 heavy (non-hydrogen) atoms. The molecule has 2 N–H and O–H groups in total. The second-order valence-corrected chi connectivity index (χ2v) is 7.44. The van der Waals surface area contributed by atoms with E-state index in [0.717, 1.165) is 36.5 Å². The maximum Gasteiger partial charge on any atom is 0.259 e. The van der Waals surface area contributed by atoms with Gasteiger partial charge in [-0.1, -0.05) is 29.4 Å². The summed E-state index contributed by atoms with van der Waals surface area (Å²) in [6.45, 7) is 3.50. The summed E-state index contributed by atoms with van der Waals surface area (Å²) in [7, 11) is 4.01. The van der Waals surface area contributed by atoms with Gasteiger partial charge in [0, 0.05) is 18.8 Å². The average molecular weight is 343 g/mol. The minimum atomic E-state index is -0.0989. The molecule has 1 amide bonds. The Morgan fingerprint density at radius 2 is 2.27 bits per heavy atom. The number of rotatable bonds is 2. The topological polar surface area (TPSA) is 56.7 Å². The van der Waals surface area contributed by atoms with Crippen LogP contribution in [0.2, 0.25) is 0 Å². The molecule has 0 aromatic rings. The summed E-state index contributed by atoms with van der Waals surface area (Å²) in [6.07, 6.45) is 5.46. The summed E-state index contributed by atoms with van der Waals surface area (Å²) in [5.74, 6) is -0.0143. The summed E-state index contributed by atoms with van der Waals surface area (Å²) in [6, 6.07) is 0.0960. The van der Waals surface area contributed by atoms with Gasteiger partial charge in [-0.05, 0) is 39.9 Å². The van der Waals surface area contributed by atoms with E-state index in [-0.39, 0.29) is 17.3 Å². The first-order valence-electron chi connectivity index (χ1n) is 7.45. The molecule has 2 heterocycles. The van der Waals surface area contributed by atoms with Gasteiger partial charge in [0.25, 0.3) is 5.91 Å². The largest absolute Gasteiger partial charge is 0.385 e. The Kier molecular flexibility index (Phi) is 6.35. The van der Waals surface area contributed by atoms with Gasteiger partial charge in [-0.3, -0.25) is 9.79 Å². The summed E-state index contributed by atoms with van der Waals surface area (Å²) < 4.78 is 0. The normalized spacial score (nSPS) is 30.6. The number of nitrogens with one attached hydrogen (secondary N) is 2. The molecule has 0 radical (unpaired) electrons. The Hall–Kier alpha value is -0.980. The van der Waals surface area contributed by atoms with Crippen LogP contribution in [0.1, 0.15) is 19.8 Å². The molecule has 2 aliphatic rings. The fraction of sp³-hybridized carbons (Fsp3) is 0.600. The number of carbonyl (C=O) groups is 1. The molecule has 5 nitrogen and oxygen atoms in total. The van der Waals surface area contributed by atoms with Gasteiger partial charge < -0.3 is 15.5 Å². The maximum atomic E-state index is 12.6. The Morgan fingerprint density at radius 3 is 3.00 bits per heavy atom. The van der Waals surface area contributed by atoms with Crippen molar-refractivity contribution >= 4 is 34.4 Å². The molecule has 2 rings (SSSR count). The second kappa shape index (κ2) is 8.04. The molecule has 0 aliphatic carbocycles. The van der Waals surface area contributed by atoms with Crippen LogP contribution in [0.5, 0.6) is 0 Å². The summed E-state index contributed by atoms with van der Waals surface area (Å²) >= 11 is 7.51. The van der Waals surface area contributed by atoms with Crippen LogP contribution in [-0.4, -0.2) is 54.6 Å². The number of thioether (sulfide) groups is 1. The molecular weight excluding hydrogens is 320 g/mol. The quantitative estimate of drug-likeness (QED) is 0.805. The number of amides is 1. The monoisotopic (exact) mass is 342 g/mol. The first-order valence-corrected chi connectivity index (χ1v) is 8.70. The van der Waals surface area contributed by atoms with Crippen molar-refractivity contribution in [3.05, 3.63) is 22.8 Å². The molecule has 122 valence electrons. The smallest absolute Gasteiger partial charge is 0.259 e. The molecule has 1 unspecified atom stereocenters. The summed E-state index contributed by atoms with van der Waals surface area (Å²) in [4.78, 5) is 19.8. The van der Waals surface area contributed by atoms with E-state index in [9.17, 15) is 4.79 Å². The highest BCUT2D eigenvalue weighted by molar-refractivity contribution is 8.04. The number of aliphatic imine (C=N–C) groups is 1. The Bertz CT molecular complexity index is 516. The molecular formula is C15H23ClN4OS. The lowest BCUT2D eigenvalue weighted by Crippen LogP contribution is -2.45. The Morgan fingerprint density at radius 1 is 1.50 bits per heavy atom. The molecule has 2 aliphatic heterocycles. The van der Waals surface area contributed by atoms with Gasteiger partial charge >= 0.3 is 0 Å². The number of halogens is 1. The Balaban J connectivity index is 2.20. The molecule has 0 spiro atoms. The fourth-order valence-electron chi connectivity index (χ4n) is 2.47. The number of hydrogen-bond donors (Lipinski definition) is 2. The highest BCUT2D eigenvalue weighted by Crippen LogP contribution is 2.29. The van der Waals surface area contributed by atoms with Crippen molar-refractivity contribution in [2.24, 2.45) is 4.99 Å². The van der Waals surface area contributed by atoms with Crippen molar-refractivity contribution < 1.29 is 4.79 Å². The lowest BCUT2D eigenvalue weighted by molar-refractivity contribution is -0.117. The van der Waals surface area contributed by atoms with E-state index in [2.05, 4.69) is 20.5 Å². The van der Waals surface area contributed by atoms with E-state index in [1.807, 2.05) is 33.2 Å². The van der Waals surface area contributed by atoms with Crippen molar-refractivity contribution in [2.45, 2.75) is 31.2 Å². The predicted octanol–water partition coefficient (Wildman–Crippen LogP) is 1.91. The molecule has 0 saturated heterocycles. The zero-order valence-corrected chi connectivity index (χ0v) is 14.8. The van der Waals surface area contributed by atoms with E-state index in [0.29, 0.717) is 5.17 Å². The average Bonchev–Trinajstić information content (AvgIpc) is 2.55. The molecule has 0 bridgehead atoms. The van der Waals surface area contributed by atoms with Crippen molar-refractivity contribution in [1.82, 2.24) is 15.5 Å². The third kappa shape index (κ3) is 5.04. The summed E-state index contributed by atoms with van der Waals surface area (Å²) in [5.41, 5.74) is 1.01. The molecule has 0 fully saturated rings. The van der Waals surface area contributed by atoms with Gasteiger partial charge in [0.15, 0.2) is 0 Å². The Labute approximate surface area is 141 Å². The predicted molar refractivity (Wildman–Crippen MR) is 94.2 cm³/mol. The lowest BCUT2D eigenvalue weighted by Gasteiger charge is -2.20. The van der Waals surface area contributed by atoms with Gasteiger partial charge in [0.05, 0.1) is 16.3 Å².